The van der Waals surface area contributed by atoms with Gasteiger partial charge in [-0.25, -0.2) is 4.79 Å². The Balaban J connectivity index is 2.13. The van der Waals surface area contributed by atoms with Gasteiger partial charge in [-0.15, -0.1) is 0 Å². The van der Waals surface area contributed by atoms with Crippen molar-refractivity contribution < 1.29 is 19.7 Å². The summed E-state index contributed by atoms with van der Waals surface area (Å²) in [7, 11) is 0. The highest BCUT2D eigenvalue weighted by molar-refractivity contribution is 5.67. The molecule has 1 amide bonds. The van der Waals surface area contributed by atoms with Crippen LogP contribution in [0.5, 0.6) is 0 Å². The molecule has 17 heavy (non-hydrogen) atoms. The van der Waals surface area contributed by atoms with Crippen LogP contribution in [-0.2, 0) is 11.3 Å². The zero-order chi connectivity index (χ0) is 12.5. The Morgan fingerprint density at radius 1 is 1.35 bits per heavy atom. The first-order valence-electron chi connectivity index (χ1n) is 5.46. The average Bonchev–Trinajstić information content (AvgIpc) is 2.37. The largest absolute Gasteiger partial charge is 0.445 e. The summed E-state index contributed by atoms with van der Waals surface area (Å²) in [5.41, 5.74) is 0.915. The van der Waals surface area contributed by atoms with E-state index in [2.05, 4.69) is 5.32 Å². The highest BCUT2D eigenvalue weighted by atomic mass is 16.5. The van der Waals surface area contributed by atoms with Gasteiger partial charge in [-0.3, -0.25) is 0 Å². The minimum absolute atomic E-state index is 0.217. The van der Waals surface area contributed by atoms with Gasteiger partial charge in [0.1, 0.15) is 6.61 Å². The van der Waals surface area contributed by atoms with E-state index in [1.54, 1.807) is 0 Å². The van der Waals surface area contributed by atoms with E-state index >= 15 is 0 Å². The number of aliphatic hydroxyl groups excluding tert-OH is 2. The zero-order valence-electron chi connectivity index (χ0n) is 9.50. The molecule has 94 valence electrons. The lowest BCUT2D eigenvalue weighted by Gasteiger charge is -2.09. The minimum atomic E-state index is -0.801. The Kier molecular flexibility index (Phi) is 6.06. The number of carbonyl (C=O) groups excluding carboxylic acids is 1. The molecule has 3 N–H and O–H groups in total. The smallest absolute Gasteiger partial charge is 0.407 e. The molecular formula is C12H17NO4. The van der Waals surface area contributed by atoms with Crippen LogP contribution in [0.1, 0.15) is 12.0 Å². The van der Waals surface area contributed by atoms with Crippen molar-refractivity contribution in [2.45, 2.75) is 19.1 Å². The molecule has 5 heteroatoms. The number of nitrogens with one attached hydrogen (secondary N) is 1. The maximum atomic E-state index is 11.2. The minimum Gasteiger partial charge on any atom is -0.445 e. The maximum absolute atomic E-state index is 11.2. The molecule has 0 aliphatic rings. The molecule has 1 atom stereocenters. The molecule has 0 saturated carbocycles. The number of alkyl carbamates (subject to hydrolysis) is 1. The molecule has 0 spiro atoms. The van der Waals surface area contributed by atoms with Crippen LogP contribution in [0.15, 0.2) is 30.3 Å². The predicted molar refractivity (Wildman–Crippen MR) is 62.3 cm³/mol. The third-order valence-corrected chi connectivity index (χ3v) is 2.17. The van der Waals surface area contributed by atoms with Crippen LogP contribution < -0.4 is 5.32 Å². The van der Waals surface area contributed by atoms with E-state index in [-0.39, 0.29) is 19.8 Å². The van der Waals surface area contributed by atoms with Crippen LogP contribution in [0.4, 0.5) is 4.79 Å². The first kappa shape index (κ1) is 13.5. The number of carbonyl (C=O) groups is 1. The van der Waals surface area contributed by atoms with E-state index in [4.69, 9.17) is 14.9 Å². The fourth-order valence-electron chi connectivity index (χ4n) is 1.21. The molecule has 0 aliphatic heterocycles. The summed E-state index contributed by atoms with van der Waals surface area (Å²) in [6, 6.07) is 9.36. The molecular weight excluding hydrogens is 222 g/mol. The first-order chi connectivity index (χ1) is 8.22. The molecule has 1 aromatic rings. The second kappa shape index (κ2) is 7.65. The quantitative estimate of drug-likeness (QED) is 0.681. The van der Waals surface area contributed by atoms with Crippen molar-refractivity contribution in [2.24, 2.45) is 0 Å². The van der Waals surface area contributed by atoms with Gasteiger partial charge in [-0.1, -0.05) is 30.3 Å². The van der Waals surface area contributed by atoms with E-state index in [1.165, 1.54) is 0 Å². The third-order valence-electron chi connectivity index (χ3n) is 2.17. The highest BCUT2D eigenvalue weighted by Crippen LogP contribution is 2.00. The van der Waals surface area contributed by atoms with Gasteiger partial charge in [0.05, 0.1) is 12.7 Å². The monoisotopic (exact) mass is 239 g/mol. The summed E-state index contributed by atoms with van der Waals surface area (Å²) < 4.78 is 4.95. The molecule has 0 heterocycles. The number of benzene rings is 1. The van der Waals surface area contributed by atoms with Crippen molar-refractivity contribution in [3.8, 4) is 0 Å². The summed E-state index contributed by atoms with van der Waals surface area (Å²) in [6.45, 7) is 0.186. The number of hydrogen-bond donors (Lipinski definition) is 3. The molecule has 1 rings (SSSR count). The van der Waals surface area contributed by atoms with Gasteiger partial charge in [0.2, 0.25) is 0 Å². The Labute approximate surface area is 100 Å². The lowest BCUT2D eigenvalue weighted by atomic mass is 10.2. The summed E-state index contributed by atoms with van der Waals surface area (Å²) in [5, 5.41) is 20.1. The second-order valence-corrected chi connectivity index (χ2v) is 3.61. The fourth-order valence-corrected chi connectivity index (χ4v) is 1.21. The van der Waals surface area contributed by atoms with Gasteiger partial charge in [0.25, 0.3) is 0 Å². The van der Waals surface area contributed by atoms with Gasteiger partial charge < -0.3 is 20.3 Å². The number of aliphatic hydroxyl groups is 2. The molecule has 0 bridgehead atoms. The molecule has 0 radical (unpaired) electrons. The van der Waals surface area contributed by atoms with Crippen LogP contribution in [0.25, 0.3) is 0 Å². The van der Waals surface area contributed by atoms with E-state index in [0.29, 0.717) is 6.42 Å². The van der Waals surface area contributed by atoms with Crippen molar-refractivity contribution in [3.63, 3.8) is 0 Å². The summed E-state index contributed by atoms with van der Waals surface area (Å²) in [4.78, 5) is 11.2. The number of amides is 1. The highest BCUT2D eigenvalue weighted by Gasteiger charge is 2.05. The topological polar surface area (TPSA) is 78.8 Å². The third kappa shape index (κ3) is 5.89. The van der Waals surface area contributed by atoms with Gasteiger partial charge in [0.15, 0.2) is 0 Å². The van der Waals surface area contributed by atoms with Crippen molar-refractivity contribution in [2.75, 3.05) is 13.2 Å². The molecule has 1 aromatic carbocycles. The van der Waals surface area contributed by atoms with Crippen molar-refractivity contribution in [1.82, 2.24) is 5.32 Å². The average molecular weight is 239 g/mol. The van der Waals surface area contributed by atoms with E-state index in [0.717, 1.165) is 5.56 Å². The van der Waals surface area contributed by atoms with Crippen molar-refractivity contribution in [1.29, 1.82) is 0 Å². The molecule has 0 aromatic heterocycles. The standard InChI is InChI=1S/C12H17NO4/c14-8-11(15)6-7-13-12(16)17-9-10-4-2-1-3-5-10/h1-5,11,14-15H,6-9H2,(H,13,16). The van der Waals surface area contributed by atoms with Crippen molar-refractivity contribution >= 4 is 6.09 Å². The molecule has 0 fully saturated rings. The van der Waals surface area contributed by atoms with Crippen molar-refractivity contribution in [3.05, 3.63) is 35.9 Å². The Hall–Kier alpha value is -1.59. The normalized spacial score (nSPS) is 11.9. The first-order valence-corrected chi connectivity index (χ1v) is 5.46. The predicted octanol–water partition coefficient (Wildman–Crippen LogP) is 0.656. The van der Waals surface area contributed by atoms with Gasteiger partial charge in [-0.05, 0) is 12.0 Å². The maximum Gasteiger partial charge on any atom is 0.407 e. The lowest BCUT2D eigenvalue weighted by molar-refractivity contribution is 0.0866. The Morgan fingerprint density at radius 3 is 2.71 bits per heavy atom. The van der Waals surface area contributed by atoms with Crippen LogP contribution in [0, 0.1) is 0 Å². The lowest BCUT2D eigenvalue weighted by Crippen LogP contribution is -2.28. The summed E-state index contributed by atoms with van der Waals surface area (Å²) in [6.07, 6.45) is -1.03. The van der Waals surface area contributed by atoms with Gasteiger partial charge in [-0.2, -0.15) is 0 Å². The SMILES string of the molecule is O=C(NCCC(O)CO)OCc1ccccc1. The second-order valence-electron chi connectivity index (χ2n) is 3.61. The fraction of sp³-hybridized carbons (Fsp3) is 0.417. The summed E-state index contributed by atoms with van der Waals surface area (Å²) >= 11 is 0. The van der Waals surface area contributed by atoms with Crippen LogP contribution in [-0.4, -0.2) is 35.6 Å². The zero-order valence-corrected chi connectivity index (χ0v) is 9.50. The Morgan fingerprint density at radius 2 is 2.06 bits per heavy atom. The molecule has 0 saturated heterocycles. The molecule has 1 unspecified atom stereocenters. The number of rotatable bonds is 6. The molecule has 5 nitrogen and oxygen atoms in total. The van der Waals surface area contributed by atoms with Crippen LogP contribution in [0.3, 0.4) is 0 Å². The Bertz CT molecular complexity index is 329. The molecule has 0 aliphatic carbocycles. The van der Waals surface area contributed by atoms with Gasteiger partial charge >= 0.3 is 6.09 Å². The van der Waals surface area contributed by atoms with E-state index in [1.807, 2.05) is 30.3 Å². The van der Waals surface area contributed by atoms with E-state index in [9.17, 15) is 4.79 Å². The van der Waals surface area contributed by atoms with Crippen LogP contribution in [0.2, 0.25) is 0 Å². The number of ether oxygens (including phenoxy) is 1. The van der Waals surface area contributed by atoms with Gasteiger partial charge in [0, 0.05) is 6.54 Å². The number of hydrogen-bond acceptors (Lipinski definition) is 4. The summed E-state index contributed by atoms with van der Waals surface area (Å²) in [5.74, 6) is 0. The van der Waals surface area contributed by atoms with E-state index < -0.39 is 12.2 Å². The van der Waals surface area contributed by atoms with Crippen LogP contribution >= 0.6 is 0 Å².